The fraction of sp³-hybridized carbons (Fsp3) is 0.600. The van der Waals surface area contributed by atoms with E-state index in [9.17, 15) is 8.42 Å². The maximum atomic E-state index is 11.9. The van der Waals surface area contributed by atoms with E-state index in [-0.39, 0.29) is 10.9 Å². The minimum absolute atomic E-state index is 0.0323. The molecular formula is C10H18N4O3S. The summed E-state index contributed by atoms with van der Waals surface area (Å²) in [6.07, 6.45) is 2.52. The van der Waals surface area contributed by atoms with Crippen molar-refractivity contribution in [2.45, 2.75) is 24.8 Å². The van der Waals surface area contributed by atoms with Crippen LogP contribution in [0.15, 0.2) is 17.3 Å². The highest BCUT2D eigenvalue weighted by atomic mass is 32.2. The van der Waals surface area contributed by atoms with Gasteiger partial charge in [-0.15, -0.1) is 0 Å². The molecule has 1 unspecified atom stereocenters. The summed E-state index contributed by atoms with van der Waals surface area (Å²) in [5, 5.41) is 2.72. The van der Waals surface area contributed by atoms with Crippen molar-refractivity contribution in [3.63, 3.8) is 0 Å². The number of rotatable bonds is 7. The summed E-state index contributed by atoms with van der Waals surface area (Å²) in [5.41, 5.74) is 0. The molecule has 0 saturated heterocycles. The highest BCUT2D eigenvalue weighted by Gasteiger charge is 2.18. The Bertz CT molecular complexity index is 461. The Labute approximate surface area is 107 Å². The Hall–Kier alpha value is -1.25. The maximum Gasteiger partial charge on any atom is 0.243 e. The zero-order chi connectivity index (χ0) is 13.6. The highest BCUT2D eigenvalue weighted by molar-refractivity contribution is 7.89. The van der Waals surface area contributed by atoms with Crippen LogP contribution in [0.25, 0.3) is 0 Å². The number of aromatic nitrogens is 2. The first-order valence-electron chi connectivity index (χ1n) is 5.59. The van der Waals surface area contributed by atoms with Crippen LogP contribution in [0.1, 0.15) is 13.8 Å². The topological polar surface area (TPSA) is 93.2 Å². The van der Waals surface area contributed by atoms with Crippen molar-refractivity contribution >= 4 is 16.0 Å². The Balaban J connectivity index is 2.73. The van der Waals surface area contributed by atoms with Gasteiger partial charge in [-0.2, -0.15) is 0 Å². The van der Waals surface area contributed by atoms with Crippen LogP contribution in [0, 0.1) is 0 Å². The van der Waals surface area contributed by atoms with E-state index in [4.69, 9.17) is 4.74 Å². The van der Waals surface area contributed by atoms with Gasteiger partial charge in [0, 0.05) is 19.7 Å². The van der Waals surface area contributed by atoms with Crippen LogP contribution in [0.2, 0.25) is 0 Å². The average Bonchev–Trinajstić information content (AvgIpc) is 2.36. The molecule has 7 nitrogen and oxygen atoms in total. The zero-order valence-electron chi connectivity index (χ0n) is 10.7. The van der Waals surface area contributed by atoms with E-state index in [1.165, 1.54) is 12.4 Å². The van der Waals surface area contributed by atoms with E-state index in [2.05, 4.69) is 20.0 Å². The van der Waals surface area contributed by atoms with Crippen LogP contribution in [-0.2, 0) is 14.8 Å². The van der Waals surface area contributed by atoms with Gasteiger partial charge in [0.15, 0.2) is 0 Å². The molecule has 2 N–H and O–H groups in total. The molecule has 0 aliphatic carbocycles. The zero-order valence-corrected chi connectivity index (χ0v) is 11.5. The van der Waals surface area contributed by atoms with Crippen molar-refractivity contribution in [1.82, 2.24) is 14.7 Å². The predicted octanol–water partition coefficient (Wildman–Crippen LogP) is 0.222. The molecule has 0 bridgehead atoms. The fourth-order valence-electron chi connectivity index (χ4n) is 1.25. The molecule has 1 aromatic heterocycles. The lowest BCUT2D eigenvalue weighted by Gasteiger charge is -2.13. The van der Waals surface area contributed by atoms with Crippen LogP contribution in [0.4, 0.5) is 5.95 Å². The molecule has 0 spiro atoms. The molecule has 1 atom stereocenters. The first-order chi connectivity index (χ1) is 8.49. The van der Waals surface area contributed by atoms with Gasteiger partial charge in [0.05, 0.1) is 19.0 Å². The molecule has 1 aromatic rings. The summed E-state index contributed by atoms with van der Waals surface area (Å²) in [6.45, 7) is 4.46. The third-order valence-corrected chi connectivity index (χ3v) is 3.63. The van der Waals surface area contributed by atoms with Gasteiger partial charge < -0.3 is 10.1 Å². The number of hydrogen-bond acceptors (Lipinski definition) is 6. The van der Waals surface area contributed by atoms with Crippen LogP contribution in [0.5, 0.6) is 0 Å². The SMILES string of the molecule is CCOCC(C)NS(=O)(=O)c1cnc(NC)nc1. The highest BCUT2D eigenvalue weighted by Crippen LogP contribution is 2.07. The van der Waals surface area contributed by atoms with Crippen molar-refractivity contribution in [3.8, 4) is 0 Å². The molecule has 0 aliphatic rings. The molecule has 0 aromatic carbocycles. The molecule has 8 heteroatoms. The van der Waals surface area contributed by atoms with Crippen molar-refractivity contribution in [1.29, 1.82) is 0 Å². The third-order valence-electron chi connectivity index (χ3n) is 2.09. The molecule has 1 heterocycles. The lowest BCUT2D eigenvalue weighted by molar-refractivity contribution is 0.133. The van der Waals surface area contributed by atoms with E-state index in [1.54, 1.807) is 14.0 Å². The second-order valence-electron chi connectivity index (χ2n) is 3.67. The predicted molar refractivity (Wildman–Crippen MR) is 67.9 cm³/mol. The van der Waals surface area contributed by atoms with Crippen molar-refractivity contribution in [2.75, 3.05) is 25.6 Å². The number of hydrogen-bond donors (Lipinski definition) is 2. The first-order valence-corrected chi connectivity index (χ1v) is 7.07. The van der Waals surface area contributed by atoms with E-state index in [0.29, 0.717) is 19.2 Å². The number of nitrogens with one attached hydrogen (secondary N) is 2. The van der Waals surface area contributed by atoms with Crippen LogP contribution >= 0.6 is 0 Å². The van der Waals surface area contributed by atoms with Crippen LogP contribution in [-0.4, -0.2) is 44.7 Å². The Kier molecular flexibility index (Phi) is 5.45. The lowest BCUT2D eigenvalue weighted by Crippen LogP contribution is -2.36. The fourth-order valence-corrected chi connectivity index (χ4v) is 2.36. The maximum absolute atomic E-state index is 11.9. The second kappa shape index (κ2) is 6.62. The third kappa shape index (κ3) is 4.21. The minimum atomic E-state index is -3.60. The van der Waals surface area contributed by atoms with Crippen LogP contribution in [0.3, 0.4) is 0 Å². The van der Waals surface area contributed by atoms with Gasteiger partial charge in [-0.05, 0) is 13.8 Å². The van der Waals surface area contributed by atoms with E-state index >= 15 is 0 Å². The summed E-state index contributed by atoms with van der Waals surface area (Å²) in [7, 11) is -1.94. The average molecular weight is 274 g/mol. The van der Waals surface area contributed by atoms with Crippen LogP contribution < -0.4 is 10.0 Å². The quantitative estimate of drug-likeness (QED) is 0.739. The number of sulfonamides is 1. The van der Waals surface area contributed by atoms with Gasteiger partial charge in [-0.25, -0.2) is 23.1 Å². The largest absolute Gasteiger partial charge is 0.380 e. The Morgan fingerprint density at radius 2 is 2.00 bits per heavy atom. The van der Waals surface area contributed by atoms with Gasteiger partial charge in [0.1, 0.15) is 4.90 Å². The molecule has 0 radical (unpaired) electrons. The second-order valence-corrected chi connectivity index (χ2v) is 5.39. The Morgan fingerprint density at radius 1 is 1.39 bits per heavy atom. The summed E-state index contributed by atoms with van der Waals surface area (Å²) in [6, 6.07) is -0.307. The number of anilines is 1. The molecule has 18 heavy (non-hydrogen) atoms. The monoisotopic (exact) mass is 274 g/mol. The normalized spacial score (nSPS) is 13.3. The van der Waals surface area contributed by atoms with Gasteiger partial charge in [0.2, 0.25) is 16.0 Å². The Morgan fingerprint density at radius 3 is 2.50 bits per heavy atom. The standard InChI is InChI=1S/C10H18N4O3S/c1-4-17-7-8(2)14-18(15,16)9-5-12-10(11-3)13-6-9/h5-6,8,14H,4,7H2,1-3H3,(H,11,12,13). The first kappa shape index (κ1) is 14.8. The van der Waals surface area contributed by atoms with Crippen molar-refractivity contribution in [3.05, 3.63) is 12.4 Å². The van der Waals surface area contributed by atoms with Gasteiger partial charge in [0.25, 0.3) is 0 Å². The van der Waals surface area contributed by atoms with Gasteiger partial charge in [-0.3, -0.25) is 0 Å². The van der Waals surface area contributed by atoms with E-state index < -0.39 is 10.0 Å². The summed E-state index contributed by atoms with van der Waals surface area (Å²) in [4.78, 5) is 7.75. The van der Waals surface area contributed by atoms with Gasteiger partial charge in [-0.1, -0.05) is 0 Å². The lowest BCUT2D eigenvalue weighted by atomic mass is 10.4. The summed E-state index contributed by atoms with van der Waals surface area (Å²) < 4.78 is 31.5. The van der Waals surface area contributed by atoms with Crippen molar-refractivity contribution in [2.24, 2.45) is 0 Å². The molecular weight excluding hydrogens is 256 g/mol. The molecule has 0 fully saturated rings. The van der Waals surface area contributed by atoms with Gasteiger partial charge >= 0.3 is 0 Å². The number of nitrogens with zero attached hydrogens (tertiary/aromatic N) is 2. The molecule has 0 amide bonds. The number of ether oxygens (including phenoxy) is 1. The molecule has 102 valence electrons. The van der Waals surface area contributed by atoms with E-state index in [0.717, 1.165) is 0 Å². The smallest absolute Gasteiger partial charge is 0.243 e. The summed E-state index contributed by atoms with van der Waals surface area (Å²) in [5.74, 6) is 0.372. The van der Waals surface area contributed by atoms with E-state index in [1.807, 2.05) is 6.92 Å². The van der Waals surface area contributed by atoms with Crippen molar-refractivity contribution < 1.29 is 13.2 Å². The molecule has 1 rings (SSSR count). The molecule has 0 aliphatic heterocycles. The minimum Gasteiger partial charge on any atom is -0.380 e. The summed E-state index contributed by atoms with van der Waals surface area (Å²) >= 11 is 0. The molecule has 0 saturated carbocycles.